The molecule has 2 aromatic heterocycles. The summed E-state index contributed by atoms with van der Waals surface area (Å²) >= 11 is 3.56. The van der Waals surface area contributed by atoms with E-state index in [0.29, 0.717) is 18.7 Å². The number of hydrogen-bond donors (Lipinski definition) is 0. The average molecular weight is 341 g/mol. The molecule has 0 aliphatic rings. The Balaban J connectivity index is 2.19. The van der Waals surface area contributed by atoms with Crippen molar-refractivity contribution in [2.45, 2.75) is 26.8 Å². The SMILES string of the molecule is CCOC(=O)c1cnn(Cc2c(Br)c(CC)nn2C)c1. The molecule has 7 heteroatoms. The first-order valence-electron chi connectivity index (χ1n) is 6.46. The number of aryl methyl sites for hydroxylation is 2. The number of esters is 1. The highest BCUT2D eigenvalue weighted by Gasteiger charge is 2.15. The smallest absolute Gasteiger partial charge is 0.341 e. The van der Waals surface area contributed by atoms with Gasteiger partial charge in [0.25, 0.3) is 0 Å². The van der Waals surface area contributed by atoms with Crippen LogP contribution >= 0.6 is 15.9 Å². The van der Waals surface area contributed by atoms with Gasteiger partial charge in [-0.1, -0.05) is 6.92 Å². The van der Waals surface area contributed by atoms with Gasteiger partial charge in [0, 0.05) is 13.2 Å². The van der Waals surface area contributed by atoms with Gasteiger partial charge in [-0.3, -0.25) is 9.36 Å². The van der Waals surface area contributed by atoms with Gasteiger partial charge in [0.1, 0.15) is 0 Å². The third-order valence-electron chi connectivity index (χ3n) is 2.96. The summed E-state index contributed by atoms with van der Waals surface area (Å²) in [6.07, 6.45) is 4.06. The van der Waals surface area contributed by atoms with Crippen molar-refractivity contribution in [2.75, 3.05) is 6.61 Å². The maximum atomic E-state index is 11.6. The predicted molar refractivity (Wildman–Crippen MR) is 77.6 cm³/mol. The van der Waals surface area contributed by atoms with Crippen LogP contribution < -0.4 is 0 Å². The summed E-state index contributed by atoms with van der Waals surface area (Å²) in [4.78, 5) is 11.6. The van der Waals surface area contributed by atoms with E-state index < -0.39 is 0 Å². The first kappa shape index (κ1) is 14.8. The number of hydrogen-bond acceptors (Lipinski definition) is 4. The molecule has 0 spiro atoms. The minimum Gasteiger partial charge on any atom is -0.462 e. The van der Waals surface area contributed by atoms with Crippen molar-refractivity contribution in [1.82, 2.24) is 19.6 Å². The lowest BCUT2D eigenvalue weighted by Gasteiger charge is -2.03. The maximum absolute atomic E-state index is 11.6. The molecule has 0 fully saturated rings. The lowest BCUT2D eigenvalue weighted by atomic mass is 10.3. The molecule has 0 atom stereocenters. The second-order valence-corrected chi connectivity index (χ2v) is 5.12. The topological polar surface area (TPSA) is 61.9 Å². The fraction of sp³-hybridized carbons (Fsp3) is 0.462. The molecule has 2 aromatic rings. The van der Waals surface area contributed by atoms with Crippen LogP contribution in [0.5, 0.6) is 0 Å². The highest BCUT2D eigenvalue weighted by Crippen LogP contribution is 2.22. The van der Waals surface area contributed by atoms with Crippen molar-refractivity contribution in [3.8, 4) is 0 Å². The van der Waals surface area contributed by atoms with Gasteiger partial charge in [0.2, 0.25) is 0 Å². The van der Waals surface area contributed by atoms with Crippen LogP contribution in [0.1, 0.15) is 35.6 Å². The molecule has 0 saturated carbocycles. The second kappa shape index (κ2) is 6.21. The molecule has 0 aromatic carbocycles. The van der Waals surface area contributed by atoms with Gasteiger partial charge in [-0.05, 0) is 29.3 Å². The van der Waals surface area contributed by atoms with Gasteiger partial charge < -0.3 is 4.74 Å². The Kier molecular flexibility index (Phi) is 4.59. The Labute approximate surface area is 125 Å². The Hall–Kier alpha value is -1.63. The molecule has 20 heavy (non-hydrogen) atoms. The molecule has 0 aliphatic heterocycles. The molecule has 0 radical (unpaired) electrons. The third-order valence-corrected chi connectivity index (χ3v) is 3.87. The van der Waals surface area contributed by atoms with E-state index in [1.807, 2.05) is 11.7 Å². The van der Waals surface area contributed by atoms with Crippen molar-refractivity contribution >= 4 is 21.9 Å². The third kappa shape index (κ3) is 2.92. The molecule has 6 nitrogen and oxygen atoms in total. The zero-order chi connectivity index (χ0) is 14.7. The first-order chi connectivity index (χ1) is 9.56. The van der Waals surface area contributed by atoms with Crippen LogP contribution in [-0.4, -0.2) is 32.1 Å². The summed E-state index contributed by atoms with van der Waals surface area (Å²) < 4.78 is 9.47. The summed E-state index contributed by atoms with van der Waals surface area (Å²) in [5.41, 5.74) is 2.49. The van der Waals surface area contributed by atoms with Gasteiger partial charge in [0.15, 0.2) is 0 Å². The molecule has 0 N–H and O–H groups in total. The molecule has 108 valence electrons. The summed E-state index contributed by atoms with van der Waals surface area (Å²) in [6.45, 7) is 4.74. The van der Waals surface area contributed by atoms with Crippen LogP contribution in [0.15, 0.2) is 16.9 Å². The monoisotopic (exact) mass is 340 g/mol. The highest BCUT2D eigenvalue weighted by molar-refractivity contribution is 9.10. The standard InChI is InChI=1S/C13H17BrN4O2/c1-4-10-12(14)11(17(3)16-10)8-18-7-9(6-15-18)13(19)20-5-2/h6-7H,4-5,8H2,1-3H3. The number of carbonyl (C=O) groups excluding carboxylic acids is 1. The van der Waals surface area contributed by atoms with Crippen molar-refractivity contribution in [3.05, 3.63) is 33.8 Å². The molecular formula is C13H17BrN4O2. The van der Waals surface area contributed by atoms with Gasteiger partial charge in [-0.2, -0.15) is 10.2 Å². The van der Waals surface area contributed by atoms with Gasteiger partial charge in [-0.15, -0.1) is 0 Å². The number of halogens is 1. The molecule has 0 saturated heterocycles. The van der Waals surface area contributed by atoms with E-state index in [9.17, 15) is 4.79 Å². The number of ether oxygens (including phenoxy) is 1. The summed E-state index contributed by atoms with van der Waals surface area (Å²) in [5, 5.41) is 8.62. The summed E-state index contributed by atoms with van der Waals surface area (Å²) in [7, 11) is 1.90. The van der Waals surface area contributed by atoms with Crippen LogP contribution in [-0.2, 0) is 24.8 Å². The van der Waals surface area contributed by atoms with Crippen LogP contribution in [0.3, 0.4) is 0 Å². The van der Waals surface area contributed by atoms with Crippen molar-refractivity contribution in [1.29, 1.82) is 0 Å². The Bertz CT molecular complexity index is 618. The minimum absolute atomic E-state index is 0.350. The van der Waals surface area contributed by atoms with Crippen LogP contribution in [0.2, 0.25) is 0 Å². The van der Waals surface area contributed by atoms with E-state index in [1.165, 1.54) is 6.20 Å². The maximum Gasteiger partial charge on any atom is 0.341 e. The summed E-state index contributed by atoms with van der Waals surface area (Å²) in [6, 6.07) is 0. The second-order valence-electron chi connectivity index (χ2n) is 4.33. The lowest BCUT2D eigenvalue weighted by molar-refractivity contribution is 0.0526. The average Bonchev–Trinajstić information content (AvgIpc) is 2.99. The van der Waals surface area contributed by atoms with Crippen molar-refractivity contribution in [2.24, 2.45) is 7.05 Å². The minimum atomic E-state index is -0.350. The zero-order valence-corrected chi connectivity index (χ0v) is 13.3. The van der Waals surface area contributed by atoms with Crippen molar-refractivity contribution in [3.63, 3.8) is 0 Å². The molecule has 0 amide bonds. The number of rotatable bonds is 5. The van der Waals surface area contributed by atoms with E-state index in [4.69, 9.17) is 4.74 Å². The van der Waals surface area contributed by atoms with Crippen LogP contribution in [0.25, 0.3) is 0 Å². The molecule has 0 unspecified atom stereocenters. The molecule has 2 heterocycles. The van der Waals surface area contributed by atoms with E-state index in [2.05, 4.69) is 33.1 Å². The fourth-order valence-corrected chi connectivity index (χ4v) is 2.66. The molecular weight excluding hydrogens is 324 g/mol. The van der Waals surface area contributed by atoms with Crippen LogP contribution in [0.4, 0.5) is 0 Å². The van der Waals surface area contributed by atoms with E-state index in [1.54, 1.807) is 17.8 Å². The predicted octanol–water partition coefficient (Wildman–Crippen LogP) is 2.17. The number of carbonyl (C=O) groups is 1. The number of nitrogens with zero attached hydrogens (tertiary/aromatic N) is 4. The zero-order valence-electron chi connectivity index (χ0n) is 11.8. The quantitative estimate of drug-likeness (QED) is 0.782. The summed E-state index contributed by atoms with van der Waals surface area (Å²) in [5.74, 6) is -0.350. The Morgan fingerprint density at radius 3 is 2.80 bits per heavy atom. The van der Waals surface area contributed by atoms with E-state index in [0.717, 1.165) is 22.3 Å². The van der Waals surface area contributed by atoms with Crippen LogP contribution in [0, 0.1) is 0 Å². The normalized spacial score (nSPS) is 10.8. The van der Waals surface area contributed by atoms with E-state index in [-0.39, 0.29) is 5.97 Å². The highest BCUT2D eigenvalue weighted by atomic mass is 79.9. The fourth-order valence-electron chi connectivity index (χ4n) is 1.91. The molecule has 0 bridgehead atoms. The molecule has 2 rings (SSSR count). The Morgan fingerprint density at radius 2 is 2.20 bits per heavy atom. The Morgan fingerprint density at radius 1 is 1.45 bits per heavy atom. The lowest BCUT2D eigenvalue weighted by Crippen LogP contribution is -2.07. The first-order valence-corrected chi connectivity index (χ1v) is 7.25. The van der Waals surface area contributed by atoms with Gasteiger partial charge >= 0.3 is 5.97 Å². The van der Waals surface area contributed by atoms with Crippen molar-refractivity contribution < 1.29 is 9.53 Å². The number of aromatic nitrogens is 4. The van der Waals surface area contributed by atoms with E-state index >= 15 is 0 Å². The van der Waals surface area contributed by atoms with Gasteiger partial charge in [0.05, 0.1) is 40.8 Å². The van der Waals surface area contributed by atoms with Gasteiger partial charge in [-0.25, -0.2) is 4.79 Å². The largest absolute Gasteiger partial charge is 0.462 e. The molecule has 0 aliphatic carbocycles.